The van der Waals surface area contributed by atoms with Gasteiger partial charge >= 0.3 is 0 Å². The second-order valence-electron chi connectivity index (χ2n) is 34.6. The fraction of sp³-hybridized carbons (Fsp3) is 0.208. The van der Waals surface area contributed by atoms with Crippen LogP contribution in [-0.2, 0) is 32.5 Å². The summed E-state index contributed by atoms with van der Waals surface area (Å²) in [6.07, 6.45) is 0. The van der Waals surface area contributed by atoms with Crippen LogP contribution in [0.15, 0.2) is 296 Å². The number of thiophene rings is 1. The van der Waals surface area contributed by atoms with E-state index < -0.39 is 5.41 Å². The molecule has 0 bridgehead atoms. The molecule has 1 aliphatic rings. The van der Waals surface area contributed by atoms with Crippen LogP contribution >= 0.6 is 11.3 Å². The Hall–Kier alpha value is -11.0. The fourth-order valence-electron chi connectivity index (χ4n) is 16.7. The molecule has 106 heavy (non-hydrogen) atoms. The summed E-state index contributed by atoms with van der Waals surface area (Å²) < 4.78 is 10.2. The number of anilines is 9. The van der Waals surface area contributed by atoms with Crippen LogP contribution in [0.2, 0.25) is 0 Å². The lowest BCUT2D eigenvalue weighted by molar-refractivity contribution is 0.589. The number of hydrogen-bond acceptors (Lipinski definition) is 5. The Morgan fingerprint density at radius 3 is 1.06 bits per heavy atom. The van der Waals surface area contributed by atoms with Crippen molar-refractivity contribution in [1.82, 2.24) is 0 Å². The van der Waals surface area contributed by atoms with E-state index in [1.807, 2.05) is 11.3 Å². The molecule has 0 saturated heterocycles. The second-order valence-corrected chi connectivity index (χ2v) is 35.6. The molecule has 2 aromatic heterocycles. The van der Waals surface area contributed by atoms with Gasteiger partial charge in [-0.3, -0.25) is 0 Å². The number of nitrogens with zero attached hydrogens (tertiary/aromatic N) is 3. The van der Waals surface area contributed by atoms with Gasteiger partial charge in [0.15, 0.2) is 5.58 Å². The van der Waals surface area contributed by atoms with E-state index in [2.05, 4.69) is 410 Å². The van der Waals surface area contributed by atoms with E-state index in [-0.39, 0.29) is 27.1 Å². The Morgan fingerprint density at radius 1 is 0.283 bits per heavy atom. The van der Waals surface area contributed by atoms with Gasteiger partial charge in [-0.2, -0.15) is 0 Å². The van der Waals surface area contributed by atoms with Crippen molar-refractivity contribution in [1.29, 1.82) is 0 Å². The average molecular weight is 1400 g/mol. The Morgan fingerprint density at radius 2 is 0.613 bits per heavy atom. The number of hydrogen-bond donors (Lipinski definition) is 0. The first-order valence-corrected chi connectivity index (χ1v) is 38.5. The smallest absolute Gasteiger partial charge is 0.160 e. The van der Waals surface area contributed by atoms with Crippen molar-refractivity contribution < 1.29 is 4.42 Å². The number of benzene rings is 14. The van der Waals surface area contributed by atoms with E-state index >= 15 is 0 Å². The first-order chi connectivity index (χ1) is 50.7. The number of fused-ring (bicyclic) bond motifs is 13. The zero-order chi connectivity index (χ0) is 73.6. The van der Waals surface area contributed by atoms with Crippen molar-refractivity contribution in [2.75, 3.05) is 14.7 Å². The van der Waals surface area contributed by atoms with Gasteiger partial charge in [-0.05, 0) is 196 Å². The molecule has 0 amide bonds. The lowest BCUT2D eigenvalue weighted by Crippen LogP contribution is -2.29. The summed E-state index contributed by atoms with van der Waals surface area (Å²) in [5.41, 5.74) is 23.4. The van der Waals surface area contributed by atoms with Crippen molar-refractivity contribution in [2.24, 2.45) is 0 Å². The predicted molar refractivity (Wildman–Crippen MR) is 456 cm³/mol. The highest BCUT2D eigenvalue weighted by Gasteiger charge is 2.51. The van der Waals surface area contributed by atoms with Gasteiger partial charge in [-0.15, -0.1) is 11.3 Å². The quantitative estimate of drug-likeness (QED) is 0.129. The summed E-state index contributed by atoms with van der Waals surface area (Å²) in [4.78, 5) is 7.55. The molecule has 0 radical (unpaired) electrons. The van der Waals surface area contributed by atoms with Crippen molar-refractivity contribution >= 4 is 126 Å². The first kappa shape index (κ1) is 68.1. The van der Waals surface area contributed by atoms with E-state index in [1.54, 1.807) is 0 Å². The molecule has 524 valence electrons. The molecule has 1 aliphatic carbocycles. The minimum absolute atomic E-state index is 0.0207. The molecule has 0 saturated carbocycles. The van der Waals surface area contributed by atoms with Gasteiger partial charge in [0, 0.05) is 65.5 Å². The molecule has 0 spiro atoms. The molecule has 5 heteroatoms. The molecule has 2 heterocycles. The highest BCUT2D eigenvalue weighted by Crippen LogP contribution is 2.66. The molecule has 0 N–H and O–H groups in total. The Bertz CT molecular complexity index is 5730. The SMILES string of the molecule is CC(C)(C)c1ccc(N(c2ccc(C(C)(C)C)cc2)c2ccc(C3(c4ccc(C(C)(C)C)cc4)c4cc(N(c5ccc(C(C)(C)C)cc5)c5cccc6ccccc56)c5oc6ccccc6c5c4-c4c3cc(N(c3ccc(C(C)(C)C)cc3)c3cccc5ccccc35)c3sc5ccccc5c43)cc2)cc1. The Kier molecular flexibility index (Phi) is 16.1. The van der Waals surface area contributed by atoms with Crippen LogP contribution in [-0.4, -0.2) is 0 Å². The monoisotopic (exact) mass is 1400 g/mol. The predicted octanol–water partition coefficient (Wildman–Crippen LogP) is 29.5. The van der Waals surface area contributed by atoms with Crippen LogP contribution in [0.1, 0.15) is 154 Å². The molecule has 14 aromatic carbocycles. The number of furan rings is 1. The highest BCUT2D eigenvalue weighted by atomic mass is 32.1. The van der Waals surface area contributed by atoms with E-state index in [0.29, 0.717) is 0 Å². The zero-order valence-corrected chi connectivity index (χ0v) is 64.7. The Labute approximate surface area is 629 Å². The molecule has 16 aromatic rings. The van der Waals surface area contributed by atoms with Crippen LogP contribution in [0.4, 0.5) is 51.2 Å². The summed E-state index contributed by atoms with van der Waals surface area (Å²) in [5, 5.41) is 9.25. The maximum absolute atomic E-state index is 7.73. The van der Waals surface area contributed by atoms with Crippen LogP contribution in [0.25, 0.3) is 74.8 Å². The van der Waals surface area contributed by atoms with Gasteiger partial charge in [0.2, 0.25) is 0 Å². The van der Waals surface area contributed by atoms with Crippen LogP contribution in [0.5, 0.6) is 0 Å². The molecular formula is C101H93N3OS. The van der Waals surface area contributed by atoms with E-state index in [1.165, 1.54) is 86.6 Å². The third-order valence-electron chi connectivity index (χ3n) is 22.5. The van der Waals surface area contributed by atoms with Crippen LogP contribution in [0.3, 0.4) is 0 Å². The molecule has 1 atom stereocenters. The maximum Gasteiger partial charge on any atom is 0.160 e. The summed E-state index contributed by atoms with van der Waals surface area (Å²) in [6, 6.07) is 111. The molecular weight excluding hydrogens is 1300 g/mol. The van der Waals surface area contributed by atoms with Crippen molar-refractivity contribution in [3.05, 3.63) is 341 Å². The van der Waals surface area contributed by atoms with Crippen molar-refractivity contribution in [3.63, 3.8) is 0 Å². The molecule has 1 unspecified atom stereocenters. The topological polar surface area (TPSA) is 22.9 Å². The normalized spacial score (nSPS) is 14.2. The van der Waals surface area contributed by atoms with Gasteiger partial charge in [0.25, 0.3) is 0 Å². The summed E-state index contributed by atoms with van der Waals surface area (Å²) in [7, 11) is 0. The van der Waals surface area contributed by atoms with Gasteiger partial charge in [-0.25, -0.2) is 0 Å². The average Bonchev–Trinajstić information content (AvgIpc) is 1.50. The van der Waals surface area contributed by atoms with E-state index in [9.17, 15) is 0 Å². The summed E-state index contributed by atoms with van der Waals surface area (Å²) in [5.74, 6) is 0. The van der Waals surface area contributed by atoms with Gasteiger partial charge < -0.3 is 19.1 Å². The summed E-state index contributed by atoms with van der Waals surface area (Å²) in [6.45, 7) is 34.6. The fourth-order valence-corrected chi connectivity index (χ4v) is 18.0. The summed E-state index contributed by atoms with van der Waals surface area (Å²) >= 11 is 1.90. The lowest BCUT2D eigenvalue weighted by Gasteiger charge is -2.37. The van der Waals surface area contributed by atoms with Gasteiger partial charge in [0.05, 0.1) is 32.9 Å². The maximum atomic E-state index is 7.73. The molecule has 17 rings (SSSR count). The van der Waals surface area contributed by atoms with Gasteiger partial charge in [0.1, 0.15) is 5.58 Å². The van der Waals surface area contributed by atoms with Crippen molar-refractivity contribution in [2.45, 2.75) is 136 Å². The first-order valence-electron chi connectivity index (χ1n) is 37.7. The molecule has 4 nitrogen and oxygen atoms in total. The molecule has 0 aliphatic heterocycles. The lowest BCUT2D eigenvalue weighted by atomic mass is 9.67. The minimum atomic E-state index is -1.03. The largest absolute Gasteiger partial charge is 0.454 e. The van der Waals surface area contributed by atoms with E-state index in [4.69, 9.17) is 4.42 Å². The second kappa shape index (κ2) is 25.1. The minimum Gasteiger partial charge on any atom is -0.454 e. The van der Waals surface area contributed by atoms with Crippen LogP contribution in [0, 0.1) is 0 Å². The number of para-hydroxylation sites is 1. The molecule has 0 fully saturated rings. The zero-order valence-electron chi connectivity index (χ0n) is 63.9. The Balaban J connectivity index is 1.06. The third-order valence-corrected chi connectivity index (χ3v) is 23.7. The number of rotatable bonds is 11. The van der Waals surface area contributed by atoms with Crippen LogP contribution < -0.4 is 14.7 Å². The standard InChI is InChI=1S/C101H93N3OS/c1-96(2,3)66-38-40-71(41-39-66)101(72-50-60-75(61-51-72)102(73-52-42-67(43-53-73)97(4,5)6)74-54-44-68(45-55-74)98(7,8)9)82-62-86(103(76-56-46-69(47-57-76)99(10,11)12)84-34-24-28-64-26-16-18-30-78(64)84)94-90(80-32-20-22-36-88(80)105-94)92(82)93-83(101)63-87(95-91(93)81-33-21-23-37-89(81)106-95)104(77-58-48-70(49-59-77)100(13,14)15)85-35-25-29-65-27-17-19-31-79(65)85/h16-63H,1-15H3. The third kappa shape index (κ3) is 11.4. The van der Waals surface area contributed by atoms with E-state index in [0.717, 1.165) is 89.5 Å². The van der Waals surface area contributed by atoms with Crippen molar-refractivity contribution in [3.8, 4) is 11.1 Å². The highest BCUT2D eigenvalue weighted by molar-refractivity contribution is 7.26. The van der Waals surface area contributed by atoms with Gasteiger partial charge in [-0.1, -0.05) is 298 Å².